The molecule has 0 aromatic heterocycles. The van der Waals surface area contributed by atoms with E-state index in [2.05, 4.69) is 19.2 Å². The minimum atomic E-state index is 0.701. The van der Waals surface area contributed by atoms with Crippen molar-refractivity contribution in [3.05, 3.63) is 0 Å². The van der Waals surface area contributed by atoms with E-state index in [0.717, 1.165) is 12.0 Å². The molecular weight excluding hydrogens is 182 g/mol. The summed E-state index contributed by atoms with van der Waals surface area (Å²) < 4.78 is 0. The van der Waals surface area contributed by atoms with Gasteiger partial charge in [0.25, 0.3) is 0 Å². The zero-order valence-corrected chi connectivity index (χ0v) is 10.5. The molecule has 0 amide bonds. The molecular formula is C14H27N. The van der Waals surface area contributed by atoms with Gasteiger partial charge >= 0.3 is 0 Å². The Hall–Kier alpha value is -0.0400. The van der Waals surface area contributed by atoms with Crippen LogP contribution in [0.3, 0.4) is 0 Å². The van der Waals surface area contributed by atoms with Crippen molar-refractivity contribution in [2.75, 3.05) is 6.54 Å². The van der Waals surface area contributed by atoms with Crippen LogP contribution in [0.5, 0.6) is 0 Å². The molecule has 1 unspecified atom stereocenters. The second-order valence-electron chi connectivity index (χ2n) is 6.06. The lowest BCUT2D eigenvalue weighted by Crippen LogP contribution is -2.43. The fourth-order valence-electron chi connectivity index (χ4n) is 3.05. The lowest BCUT2D eigenvalue weighted by Gasteiger charge is -2.43. The van der Waals surface area contributed by atoms with Gasteiger partial charge in [-0.3, -0.25) is 0 Å². The van der Waals surface area contributed by atoms with Crippen LogP contribution in [0.2, 0.25) is 0 Å². The van der Waals surface area contributed by atoms with Gasteiger partial charge in [0.2, 0.25) is 0 Å². The fourth-order valence-corrected chi connectivity index (χ4v) is 3.05. The highest BCUT2D eigenvalue weighted by molar-refractivity contribution is 4.90. The Morgan fingerprint density at radius 2 is 2.07 bits per heavy atom. The van der Waals surface area contributed by atoms with Gasteiger partial charge in [-0.15, -0.1) is 0 Å². The normalized spacial score (nSPS) is 26.0. The van der Waals surface area contributed by atoms with Crippen molar-refractivity contribution in [2.24, 2.45) is 11.3 Å². The topological polar surface area (TPSA) is 12.0 Å². The van der Waals surface area contributed by atoms with Crippen molar-refractivity contribution in [3.63, 3.8) is 0 Å². The van der Waals surface area contributed by atoms with Crippen LogP contribution in [0, 0.1) is 11.3 Å². The molecule has 2 fully saturated rings. The van der Waals surface area contributed by atoms with Crippen molar-refractivity contribution in [1.29, 1.82) is 0 Å². The van der Waals surface area contributed by atoms with E-state index in [0.29, 0.717) is 5.41 Å². The smallest absolute Gasteiger partial charge is 0.00415 e. The van der Waals surface area contributed by atoms with Crippen molar-refractivity contribution < 1.29 is 0 Å². The van der Waals surface area contributed by atoms with Gasteiger partial charge in [0, 0.05) is 12.6 Å². The first-order valence-electron chi connectivity index (χ1n) is 6.97. The van der Waals surface area contributed by atoms with E-state index in [4.69, 9.17) is 0 Å². The second-order valence-corrected chi connectivity index (χ2v) is 6.06. The minimum absolute atomic E-state index is 0.701. The first-order chi connectivity index (χ1) is 7.24. The van der Waals surface area contributed by atoms with E-state index >= 15 is 0 Å². The summed E-state index contributed by atoms with van der Waals surface area (Å²) in [5, 5.41) is 3.78. The van der Waals surface area contributed by atoms with E-state index in [1.165, 1.54) is 57.9 Å². The van der Waals surface area contributed by atoms with E-state index in [1.54, 1.807) is 0 Å². The van der Waals surface area contributed by atoms with Crippen molar-refractivity contribution in [1.82, 2.24) is 5.32 Å². The molecule has 0 radical (unpaired) electrons. The number of nitrogens with one attached hydrogen (secondary N) is 1. The van der Waals surface area contributed by atoms with Gasteiger partial charge in [-0.25, -0.2) is 0 Å². The van der Waals surface area contributed by atoms with Crippen molar-refractivity contribution in [2.45, 2.75) is 71.3 Å². The SMILES string of the molecule is CCCC1(CNC(C)CC2CC2)CCC1. The summed E-state index contributed by atoms with van der Waals surface area (Å²) in [6.45, 7) is 5.99. The molecule has 0 bridgehead atoms. The molecule has 1 nitrogen and oxygen atoms in total. The van der Waals surface area contributed by atoms with Crippen molar-refractivity contribution in [3.8, 4) is 0 Å². The lowest BCUT2D eigenvalue weighted by molar-refractivity contribution is 0.111. The van der Waals surface area contributed by atoms with E-state index in [-0.39, 0.29) is 0 Å². The summed E-state index contributed by atoms with van der Waals surface area (Å²) in [6.07, 6.45) is 11.6. The van der Waals surface area contributed by atoms with Gasteiger partial charge in [0.1, 0.15) is 0 Å². The molecule has 0 aromatic carbocycles. The first kappa shape index (κ1) is 11.4. The zero-order chi connectivity index (χ0) is 10.7. The Bertz CT molecular complexity index is 192. The molecule has 2 aliphatic rings. The highest BCUT2D eigenvalue weighted by atomic mass is 14.9. The summed E-state index contributed by atoms with van der Waals surface area (Å²) in [6, 6.07) is 0.756. The Morgan fingerprint density at radius 3 is 2.53 bits per heavy atom. The second kappa shape index (κ2) is 4.86. The molecule has 0 aromatic rings. The summed E-state index contributed by atoms with van der Waals surface area (Å²) >= 11 is 0. The third-order valence-corrected chi connectivity index (χ3v) is 4.40. The van der Waals surface area contributed by atoms with Crippen LogP contribution in [0.1, 0.15) is 65.2 Å². The van der Waals surface area contributed by atoms with E-state index in [1.807, 2.05) is 0 Å². The Kier molecular flexibility index (Phi) is 3.71. The molecule has 15 heavy (non-hydrogen) atoms. The Balaban J connectivity index is 1.65. The van der Waals surface area contributed by atoms with Crippen LogP contribution < -0.4 is 5.32 Å². The molecule has 88 valence electrons. The van der Waals surface area contributed by atoms with Crippen LogP contribution >= 0.6 is 0 Å². The van der Waals surface area contributed by atoms with Gasteiger partial charge in [0.15, 0.2) is 0 Å². The highest BCUT2D eigenvalue weighted by Crippen LogP contribution is 2.44. The van der Waals surface area contributed by atoms with Crippen molar-refractivity contribution >= 4 is 0 Å². The molecule has 2 saturated carbocycles. The maximum atomic E-state index is 3.78. The molecule has 0 saturated heterocycles. The van der Waals surface area contributed by atoms with E-state index < -0.39 is 0 Å². The maximum Gasteiger partial charge on any atom is 0.00415 e. The van der Waals surface area contributed by atoms with Crippen LogP contribution in [0.4, 0.5) is 0 Å². The molecule has 1 heteroatoms. The molecule has 1 atom stereocenters. The lowest BCUT2D eigenvalue weighted by atomic mass is 9.66. The zero-order valence-electron chi connectivity index (χ0n) is 10.5. The number of hydrogen-bond donors (Lipinski definition) is 1. The largest absolute Gasteiger partial charge is 0.314 e. The van der Waals surface area contributed by atoms with Crippen LogP contribution in [-0.4, -0.2) is 12.6 Å². The third kappa shape index (κ3) is 3.21. The standard InChI is InChI=1S/C14H27N/c1-3-7-14(8-4-9-14)11-15-12(2)10-13-5-6-13/h12-13,15H,3-11H2,1-2H3. The maximum absolute atomic E-state index is 3.78. The molecule has 2 aliphatic carbocycles. The fraction of sp³-hybridized carbons (Fsp3) is 1.00. The summed E-state index contributed by atoms with van der Waals surface area (Å²) in [7, 11) is 0. The summed E-state index contributed by atoms with van der Waals surface area (Å²) in [5.41, 5.74) is 0.701. The van der Waals surface area contributed by atoms with Gasteiger partial charge in [-0.1, -0.05) is 32.6 Å². The Morgan fingerprint density at radius 1 is 1.33 bits per heavy atom. The van der Waals surface area contributed by atoms with Gasteiger partial charge in [0.05, 0.1) is 0 Å². The predicted molar refractivity (Wildman–Crippen MR) is 66.0 cm³/mol. The first-order valence-corrected chi connectivity index (χ1v) is 6.97. The monoisotopic (exact) mass is 209 g/mol. The predicted octanol–water partition coefficient (Wildman–Crippen LogP) is 3.74. The van der Waals surface area contributed by atoms with Crippen LogP contribution in [0.25, 0.3) is 0 Å². The van der Waals surface area contributed by atoms with Gasteiger partial charge in [-0.05, 0) is 43.9 Å². The molecule has 0 spiro atoms. The Labute approximate surface area is 95.0 Å². The number of rotatable bonds is 7. The molecule has 2 rings (SSSR count). The third-order valence-electron chi connectivity index (χ3n) is 4.40. The summed E-state index contributed by atoms with van der Waals surface area (Å²) in [4.78, 5) is 0. The molecule has 0 aliphatic heterocycles. The average molecular weight is 209 g/mol. The van der Waals surface area contributed by atoms with Crippen LogP contribution in [0.15, 0.2) is 0 Å². The number of hydrogen-bond acceptors (Lipinski definition) is 1. The average Bonchev–Trinajstić information content (AvgIpc) is 2.93. The quantitative estimate of drug-likeness (QED) is 0.673. The van der Waals surface area contributed by atoms with Gasteiger partial charge in [-0.2, -0.15) is 0 Å². The highest BCUT2D eigenvalue weighted by Gasteiger charge is 2.36. The summed E-state index contributed by atoms with van der Waals surface area (Å²) in [5.74, 6) is 1.07. The van der Waals surface area contributed by atoms with E-state index in [9.17, 15) is 0 Å². The molecule has 0 heterocycles. The molecule has 1 N–H and O–H groups in total. The van der Waals surface area contributed by atoms with Gasteiger partial charge < -0.3 is 5.32 Å². The minimum Gasteiger partial charge on any atom is -0.314 e. The van der Waals surface area contributed by atoms with Crippen LogP contribution in [-0.2, 0) is 0 Å².